The SMILES string of the molecule is CC1(NCc2cc(-c3ccccc3)cs2)CCC1. The van der Waals surface area contributed by atoms with Gasteiger partial charge in [0.05, 0.1) is 0 Å². The molecule has 0 radical (unpaired) electrons. The molecular weight excluding hydrogens is 238 g/mol. The van der Waals surface area contributed by atoms with Crippen molar-refractivity contribution < 1.29 is 0 Å². The zero-order chi connectivity index (χ0) is 12.4. The second-order valence-electron chi connectivity index (χ2n) is 5.44. The molecule has 1 aliphatic carbocycles. The number of rotatable bonds is 4. The van der Waals surface area contributed by atoms with Crippen LogP contribution in [0.25, 0.3) is 11.1 Å². The Bertz CT molecular complexity index is 511. The Labute approximate surface area is 113 Å². The van der Waals surface area contributed by atoms with Crippen LogP contribution in [-0.2, 0) is 6.54 Å². The van der Waals surface area contributed by atoms with Gasteiger partial charge >= 0.3 is 0 Å². The fourth-order valence-electron chi connectivity index (χ4n) is 2.44. The summed E-state index contributed by atoms with van der Waals surface area (Å²) < 4.78 is 0. The Morgan fingerprint density at radius 2 is 1.94 bits per heavy atom. The van der Waals surface area contributed by atoms with Gasteiger partial charge in [-0.2, -0.15) is 0 Å². The maximum Gasteiger partial charge on any atom is 0.0304 e. The molecule has 0 spiro atoms. The topological polar surface area (TPSA) is 12.0 Å². The third-order valence-corrected chi connectivity index (χ3v) is 4.84. The molecule has 1 aliphatic rings. The summed E-state index contributed by atoms with van der Waals surface area (Å²) in [4.78, 5) is 1.43. The smallest absolute Gasteiger partial charge is 0.0304 e. The molecule has 1 aromatic heterocycles. The second kappa shape index (κ2) is 4.87. The largest absolute Gasteiger partial charge is 0.307 e. The van der Waals surface area contributed by atoms with E-state index in [2.05, 4.69) is 54.0 Å². The second-order valence-corrected chi connectivity index (χ2v) is 6.43. The molecule has 18 heavy (non-hydrogen) atoms. The first-order chi connectivity index (χ1) is 8.75. The van der Waals surface area contributed by atoms with Crippen LogP contribution in [0.4, 0.5) is 0 Å². The van der Waals surface area contributed by atoms with Crippen molar-refractivity contribution in [3.63, 3.8) is 0 Å². The summed E-state index contributed by atoms with van der Waals surface area (Å²) in [7, 11) is 0. The van der Waals surface area contributed by atoms with Gasteiger partial charge in [-0.05, 0) is 48.8 Å². The Balaban J connectivity index is 1.66. The molecule has 1 nitrogen and oxygen atoms in total. The molecule has 0 aliphatic heterocycles. The van der Waals surface area contributed by atoms with Crippen LogP contribution < -0.4 is 5.32 Å². The van der Waals surface area contributed by atoms with E-state index in [1.807, 2.05) is 11.3 Å². The van der Waals surface area contributed by atoms with Crippen LogP contribution in [0.3, 0.4) is 0 Å². The number of nitrogens with one attached hydrogen (secondary N) is 1. The number of hydrogen-bond acceptors (Lipinski definition) is 2. The molecule has 2 aromatic rings. The van der Waals surface area contributed by atoms with Crippen molar-refractivity contribution in [1.82, 2.24) is 5.32 Å². The minimum Gasteiger partial charge on any atom is -0.307 e. The van der Waals surface area contributed by atoms with Gasteiger partial charge in [0.15, 0.2) is 0 Å². The molecule has 3 rings (SSSR count). The molecule has 1 aromatic carbocycles. The van der Waals surface area contributed by atoms with Gasteiger partial charge in [-0.1, -0.05) is 30.3 Å². The quantitative estimate of drug-likeness (QED) is 0.853. The average Bonchev–Trinajstić information content (AvgIpc) is 2.84. The lowest BCUT2D eigenvalue weighted by Crippen LogP contribution is -2.47. The van der Waals surface area contributed by atoms with Crippen LogP contribution in [0.5, 0.6) is 0 Å². The van der Waals surface area contributed by atoms with Gasteiger partial charge in [0, 0.05) is 17.0 Å². The van der Waals surface area contributed by atoms with E-state index < -0.39 is 0 Å². The molecule has 1 heterocycles. The van der Waals surface area contributed by atoms with E-state index >= 15 is 0 Å². The standard InChI is InChI=1S/C16H19NS/c1-16(8-5-9-16)17-11-15-10-14(12-18-15)13-6-3-2-4-7-13/h2-4,6-7,10,12,17H,5,8-9,11H2,1H3. The normalized spacial score (nSPS) is 17.4. The Morgan fingerprint density at radius 3 is 2.61 bits per heavy atom. The predicted molar refractivity (Wildman–Crippen MR) is 78.9 cm³/mol. The first-order valence-corrected chi connectivity index (χ1v) is 7.51. The summed E-state index contributed by atoms with van der Waals surface area (Å²) in [5.41, 5.74) is 3.06. The van der Waals surface area contributed by atoms with Gasteiger partial charge in [-0.3, -0.25) is 0 Å². The number of thiophene rings is 1. The van der Waals surface area contributed by atoms with Crippen molar-refractivity contribution in [2.45, 2.75) is 38.3 Å². The van der Waals surface area contributed by atoms with E-state index in [1.165, 1.54) is 35.3 Å². The molecule has 0 bridgehead atoms. The summed E-state index contributed by atoms with van der Waals surface area (Å²) in [6, 6.07) is 12.9. The van der Waals surface area contributed by atoms with Crippen LogP contribution in [0.2, 0.25) is 0 Å². The Kier molecular flexibility index (Phi) is 3.23. The molecule has 94 valence electrons. The van der Waals surface area contributed by atoms with Gasteiger partial charge in [0.25, 0.3) is 0 Å². The van der Waals surface area contributed by atoms with E-state index in [9.17, 15) is 0 Å². The minimum atomic E-state index is 0.400. The lowest BCUT2D eigenvalue weighted by atomic mass is 9.78. The third-order valence-electron chi connectivity index (χ3n) is 3.91. The summed E-state index contributed by atoms with van der Waals surface area (Å²) >= 11 is 1.86. The predicted octanol–water partition coefficient (Wildman–Crippen LogP) is 4.45. The molecule has 0 saturated heterocycles. The fraction of sp³-hybridized carbons (Fsp3) is 0.375. The highest BCUT2D eigenvalue weighted by Gasteiger charge is 2.30. The number of benzene rings is 1. The van der Waals surface area contributed by atoms with Crippen LogP contribution >= 0.6 is 11.3 Å². The third kappa shape index (κ3) is 2.50. The molecule has 0 atom stereocenters. The molecule has 1 fully saturated rings. The van der Waals surface area contributed by atoms with Crippen molar-refractivity contribution in [3.05, 3.63) is 46.7 Å². The van der Waals surface area contributed by atoms with Gasteiger partial charge in [-0.15, -0.1) is 11.3 Å². The van der Waals surface area contributed by atoms with Crippen LogP contribution in [0.15, 0.2) is 41.8 Å². The van der Waals surface area contributed by atoms with Gasteiger partial charge in [-0.25, -0.2) is 0 Å². The summed E-state index contributed by atoms with van der Waals surface area (Å²) in [6.07, 6.45) is 4.02. The van der Waals surface area contributed by atoms with Gasteiger partial charge < -0.3 is 5.32 Å². The maximum atomic E-state index is 3.69. The summed E-state index contributed by atoms with van der Waals surface area (Å²) in [5, 5.41) is 5.95. The molecular formula is C16H19NS. The van der Waals surface area contributed by atoms with E-state index in [4.69, 9.17) is 0 Å². The van der Waals surface area contributed by atoms with Crippen molar-refractivity contribution in [2.75, 3.05) is 0 Å². The minimum absolute atomic E-state index is 0.400. The molecule has 0 amide bonds. The van der Waals surface area contributed by atoms with Crippen LogP contribution in [-0.4, -0.2) is 5.54 Å². The van der Waals surface area contributed by atoms with Crippen LogP contribution in [0, 0.1) is 0 Å². The Hall–Kier alpha value is -1.12. The van der Waals surface area contributed by atoms with Gasteiger partial charge in [0.1, 0.15) is 0 Å². The van der Waals surface area contributed by atoms with Gasteiger partial charge in [0.2, 0.25) is 0 Å². The fourth-order valence-corrected chi connectivity index (χ4v) is 3.27. The first-order valence-electron chi connectivity index (χ1n) is 6.63. The summed E-state index contributed by atoms with van der Waals surface area (Å²) in [6.45, 7) is 3.34. The molecule has 0 unspecified atom stereocenters. The highest BCUT2D eigenvalue weighted by molar-refractivity contribution is 7.10. The van der Waals surface area contributed by atoms with Crippen molar-refractivity contribution in [2.24, 2.45) is 0 Å². The molecule has 1 saturated carbocycles. The number of hydrogen-bond donors (Lipinski definition) is 1. The first kappa shape index (κ1) is 11.9. The highest BCUT2D eigenvalue weighted by Crippen LogP contribution is 2.32. The molecule has 2 heteroatoms. The lowest BCUT2D eigenvalue weighted by molar-refractivity contribution is 0.207. The van der Waals surface area contributed by atoms with E-state index in [1.54, 1.807) is 0 Å². The average molecular weight is 257 g/mol. The van der Waals surface area contributed by atoms with E-state index in [0.717, 1.165) is 6.54 Å². The molecule has 1 N–H and O–H groups in total. The maximum absolute atomic E-state index is 3.69. The zero-order valence-electron chi connectivity index (χ0n) is 10.8. The highest BCUT2D eigenvalue weighted by atomic mass is 32.1. The monoisotopic (exact) mass is 257 g/mol. The van der Waals surface area contributed by atoms with Crippen molar-refractivity contribution in [3.8, 4) is 11.1 Å². The lowest BCUT2D eigenvalue weighted by Gasteiger charge is -2.39. The van der Waals surface area contributed by atoms with E-state index in [0.29, 0.717) is 5.54 Å². The van der Waals surface area contributed by atoms with Crippen molar-refractivity contribution in [1.29, 1.82) is 0 Å². The van der Waals surface area contributed by atoms with E-state index in [-0.39, 0.29) is 0 Å². The zero-order valence-corrected chi connectivity index (χ0v) is 11.6. The van der Waals surface area contributed by atoms with Crippen LogP contribution in [0.1, 0.15) is 31.1 Å². The summed E-state index contributed by atoms with van der Waals surface area (Å²) in [5.74, 6) is 0. The van der Waals surface area contributed by atoms with Crippen molar-refractivity contribution >= 4 is 11.3 Å². The Morgan fingerprint density at radius 1 is 1.17 bits per heavy atom.